The van der Waals surface area contributed by atoms with Crippen LogP contribution in [0, 0.1) is 0 Å². The van der Waals surface area contributed by atoms with E-state index in [0.717, 1.165) is 34.1 Å². The van der Waals surface area contributed by atoms with Crippen LogP contribution in [-0.2, 0) is 0 Å². The Morgan fingerprint density at radius 2 is 0.918 bits per heavy atom. The van der Waals surface area contributed by atoms with Gasteiger partial charge in [0.15, 0.2) is 0 Å². The van der Waals surface area contributed by atoms with Gasteiger partial charge in [0, 0.05) is 48.5 Å². The summed E-state index contributed by atoms with van der Waals surface area (Å²) in [5.74, 6) is 0. The van der Waals surface area contributed by atoms with Crippen LogP contribution in [0.5, 0.6) is 0 Å². The van der Waals surface area contributed by atoms with E-state index in [1.807, 2.05) is 11.3 Å². The highest BCUT2D eigenvalue weighted by Gasteiger charge is 2.24. The molecule has 0 aliphatic carbocycles. The van der Waals surface area contributed by atoms with E-state index in [9.17, 15) is 0 Å². The zero-order valence-electron chi connectivity index (χ0n) is 26.8. The van der Waals surface area contributed by atoms with Crippen LogP contribution in [0.1, 0.15) is 0 Å². The summed E-state index contributed by atoms with van der Waals surface area (Å²) in [6.45, 7) is 0. The van der Waals surface area contributed by atoms with Crippen molar-refractivity contribution < 1.29 is 0 Å². The van der Waals surface area contributed by atoms with Crippen LogP contribution in [0.2, 0.25) is 0 Å². The van der Waals surface area contributed by atoms with E-state index in [0.29, 0.717) is 0 Å². The Hall–Kier alpha value is -6.16. The molecule has 3 heteroatoms. The maximum absolute atomic E-state index is 2.46. The molecule has 0 unspecified atom stereocenters. The zero-order valence-corrected chi connectivity index (χ0v) is 27.6. The highest BCUT2D eigenvalue weighted by molar-refractivity contribution is 7.26. The summed E-state index contributed by atoms with van der Waals surface area (Å²) in [5.41, 5.74) is 9.07. The Labute approximate surface area is 290 Å². The predicted octanol–water partition coefficient (Wildman–Crippen LogP) is 13.8. The van der Waals surface area contributed by atoms with Gasteiger partial charge in [-0.15, -0.1) is 11.3 Å². The molecule has 9 rings (SSSR count). The second kappa shape index (κ2) is 12.5. The van der Waals surface area contributed by atoms with Crippen molar-refractivity contribution in [3.8, 4) is 11.1 Å². The summed E-state index contributed by atoms with van der Waals surface area (Å²) in [5, 5.41) is 5.06. The molecular weight excluding hydrogens is 613 g/mol. The van der Waals surface area contributed by atoms with Gasteiger partial charge in [0.05, 0.1) is 11.4 Å². The van der Waals surface area contributed by atoms with E-state index in [1.54, 1.807) is 0 Å². The molecular formula is C46H32N2S. The fourth-order valence-electron chi connectivity index (χ4n) is 7.02. The standard InChI is InChI=1S/C46H32N2S/c1-5-17-33(18-6-1)39-26-15-16-28-42(39)48(37-24-11-4-12-25-37)43-31-38(47(35-20-7-2-8-21-35)36-22-9-3-10-23-36)32-44-45(43)41-30-29-34-19-13-14-27-40(34)46(41)49-44/h1-32H. The van der Waals surface area contributed by atoms with Gasteiger partial charge >= 0.3 is 0 Å². The smallest absolute Gasteiger partial charge is 0.0575 e. The summed E-state index contributed by atoms with van der Waals surface area (Å²) >= 11 is 1.88. The SMILES string of the molecule is c1ccc(-c2ccccc2N(c2ccccc2)c2cc(N(c3ccccc3)c3ccccc3)cc3sc4c5ccccc5ccc4c23)cc1. The Morgan fingerprint density at radius 1 is 0.367 bits per heavy atom. The van der Waals surface area contributed by atoms with Crippen LogP contribution < -0.4 is 9.80 Å². The van der Waals surface area contributed by atoms with Crippen LogP contribution in [0.25, 0.3) is 42.1 Å². The summed E-state index contributed by atoms with van der Waals surface area (Å²) in [6.07, 6.45) is 0. The molecule has 0 saturated heterocycles. The van der Waals surface area contributed by atoms with Crippen LogP contribution >= 0.6 is 11.3 Å². The Balaban J connectivity index is 1.41. The van der Waals surface area contributed by atoms with Gasteiger partial charge in [-0.3, -0.25) is 0 Å². The molecule has 0 aliphatic rings. The predicted molar refractivity (Wildman–Crippen MR) is 212 cm³/mol. The lowest BCUT2D eigenvalue weighted by Gasteiger charge is -2.31. The largest absolute Gasteiger partial charge is 0.310 e. The molecule has 8 aromatic carbocycles. The molecule has 0 amide bonds. The van der Waals surface area contributed by atoms with Gasteiger partial charge in [0.25, 0.3) is 0 Å². The molecule has 0 saturated carbocycles. The fourth-order valence-corrected chi connectivity index (χ4v) is 8.31. The van der Waals surface area contributed by atoms with Crippen molar-refractivity contribution >= 4 is 76.4 Å². The number of rotatable bonds is 7. The number of hydrogen-bond acceptors (Lipinski definition) is 3. The molecule has 232 valence electrons. The minimum Gasteiger partial charge on any atom is -0.310 e. The van der Waals surface area contributed by atoms with E-state index >= 15 is 0 Å². The Kier molecular flexibility index (Phi) is 7.38. The van der Waals surface area contributed by atoms with Gasteiger partial charge in [-0.1, -0.05) is 140 Å². The fraction of sp³-hybridized carbons (Fsp3) is 0. The second-order valence-electron chi connectivity index (χ2n) is 12.2. The van der Waals surface area contributed by atoms with E-state index < -0.39 is 0 Å². The van der Waals surface area contributed by atoms with Gasteiger partial charge in [0.2, 0.25) is 0 Å². The van der Waals surface area contributed by atoms with Gasteiger partial charge in [-0.25, -0.2) is 0 Å². The third-order valence-electron chi connectivity index (χ3n) is 9.20. The number of benzene rings is 8. The molecule has 49 heavy (non-hydrogen) atoms. The summed E-state index contributed by atoms with van der Waals surface area (Å²) in [4.78, 5) is 4.83. The first-order chi connectivity index (χ1) is 24.3. The van der Waals surface area contributed by atoms with Crippen molar-refractivity contribution in [1.82, 2.24) is 0 Å². The normalized spacial score (nSPS) is 11.3. The topological polar surface area (TPSA) is 6.48 Å². The third-order valence-corrected chi connectivity index (χ3v) is 10.4. The third kappa shape index (κ3) is 5.22. The molecule has 1 aromatic heterocycles. The second-order valence-corrected chi connectivity index (χ2v) is 13.2. The molecule has 0 spiro atoms. The van der Waals surface area contributed by atoms with E-state index in [-0.39, 0.29) is 0 Å². The van der Waals surface area contributed by atoms with Crippen molar-refractivity contribution in [2.24, 2.45) is 0 Å². The maximum Gasteiger partial charge on any atom is 0.0575 e. The first-order valence-electron chi connectivity index (χ1n) is 16.6. The van der Waals surface area contributed by atoms with Crippen LogP contribution in [-0.4, -0.2) is 0 Å². The summed E-state index contributed by atoms with van der Waals surface area (Å²) in [7, 11) is 0. The van der Waals surface area contributed by atoms with E-state index in [2.05, 4.69) is 204 Å². The zero-order chi connectivity index (χ0) is 32.6. The lowest BCUT2D eigenvalue weighted by molar-refractivity contribution is 1.26. The molecule has 0 bridgehead atoms. The Bertz CT molecular complexity index is 2500. The average molecular weight is 645 g/mol. The van der Waals surface area contributed by atoms with Gasteiger partial charge in [-0.05, 0) is 70.9 Å². The summed E-state index contributed by atoms with van der Waals surface area (Å²) in [6, 6.07) is 69.8. The van der Waals surface area contributed by atoms with E-state index in [4.69, 9.17) is 0 Å². The number of para-hydroxylation sites is 4. The monoisotopic (exact) mass is 644 g/mol. The highest BCUT2D eigenvalue weighted by Crippen LogP contribution is 2.51. The van der Waals surface area contributed by atoms with Gasteiger partial charge < -0.3 is 9.80 Å². The summed E-state index contributed by atoms with van der Waals surface area (Å²) < 4.78 is 2.55. The lowest BCUT2D eigenvalue weighted by Crippen LogP contribution is -2.14. The van der Waals surface area contributed by atoms with Gasteiger partial charge in [0.1, 0.15) is 0 Å². The lowest BCUT2D eigenvalue weighted by atomic mass is 10.00. The van der Waals surface area contributed by atoms with Crippen molar-refractivity contribution in [2.75, 3.05) is 9.80 Å². The average Bonchev–Trinajstić information content (AvgIpc) is 3.56. The number of thiophene rings is 1. The van der Waals surface area contributed by atoms with E-state index in [1.165, 1.54) is 42.1 Å². The molecule has 1 heterocycles. The molecule has 0 atom stereocenters. The van der Waals surface area contributed by atoms with Crippen molar-refractivity contribution in [2.45, 2.75) is 0 Å². The van der Waals surface area contributed by atoms with Crippen LogP contribution in [0.4, 0.5) is 34.1 Å². The van der Waals surface area contributed by atoms with Crippen LogP contribution in [0.15, 0.2) is 194 Å². The number of fused-ring (bicyclic) bond motifs is 5. The first kappa shape index (κ1) is 29.0. The maximum atomic E-state index is 2.46. The molecule has 0 fully saturated rings. The van der Waals surface area contributed by atoms with Crippen molar-refractivity contribution in [3.05, 3.63) is 194 Å². The molecule has 2 nitrogen and oxygen atoms in total. The van der Waals surface area contributed by atoms with Crippen molar-refractivity contribution in [1.29, 1.82) is 0 Å². The number of hydrogen-bond donors (Lipinski definition) is 0. The molecule has 9 aromatic rings. The minimum atomic E-state index is 1.11. The molecule has 0 radical (unpaired) electrons. The van der Waals surface area contributed by atoms with Crippen molar-refractivity contribution in [3.63, 3.8) is 0 Å². The number of anilines is 6. The van der Waals surface area contributed by atoms with Crippen LogP contribution in [0.3, 0.4) is 0 Å². The minimum absolute atomic E-state index is 1.11. The first-order valence-corrected chi connectivity index (χ1v) is 17.4. The molecule has 0 N–H and O–H groups in total. The quantitative estimate of drug-likeness (QED) is 0.170. The Morgan fingerprint density at radius 3 is 1.59 bits per heavy atom. The number of nitrogens with zero attached hydrogens (tertiary/aromatic N) is 2. The highest BCUT2D eigenvalue weighted by atomic mass is 32.1. The van der Waals surface area contributed by atoms with Gasteiger partial charge in [-0.2, -0.15) is 0 Å². The molecule has 0 aliphatic heterocycles.